The predicted molar refractivity (Wildman–Crippen MR) is 53.6 cm³/mol. The van der Waals surface area contributed by atoms with E-state index in [2.05, 4.69) is 18.5 Å². The summed E-state index contributed by atoms with van der Waals surface area (Å²) in [7, 11) is 3.48. The van der Waals surface area contributed by atoms with Crippen molar-refractivity contribution in [2.45, 2.75) is 13.3 Å². The van der Waals surface area contributed by atoms with Crippen LogP contribution in [0.1, 0.15) is 13.3 Å². The summed E-state index contributed by atoms with van der Waals surface area (Å²) in [6.45, 7) is 5.62. The lowest BCUT2D eigenvalue weighted by atomic mass is 10.3. The summed E-state index contributed by atoms with van der Waals surface area (Å²) in [6, 6.07) is 0. The fourth-order valence-electron chi connectivity index (χ4n) is 1.50. The molecule has 1 saturated carbocycles. The number of hydrogen-bond donors (Lipinski definition) is 0. The van der Waals surface area contributed by atoms with Gasteiger partial charge in [-0.2, -0.15) is 0 Å². The molecule has 0 aliphatic heterocycles. The molecule has 1 fully saturated rings. The molecule has 1 aliphatic carbocycles. The van der Waals surface area contributed by atoms with E-state index in [0.29, 0.717) is 11.8 Å². The Hall–Kier alpha value is -1.12. The van der Waals surface area contributed by atoms with E-state index in [4.69, 9.17) is 0 Å². The zero-order valence-electron chi connectivity index (χ0n) is 8.45. The lowest BCUT2D eigenvalue weighted by Crippen LogP contribution is -2.33. The van der Waals surface area contributed by atoms with E-state index < -0.39 is 0 Å². The van der Waals surface area contributed by atoms with Crippen LogP contribution in [0.15, 0.2) is 17.6 Å². The van der Waals surface area contributed by atoms with Gasteiger partial charge in [-0.3, -0.25) is 14.7 Å². The number of carbonyl (C=O) groups excluding carboxylic acids is 1. The standard InChI is InChI=1S/C10H16N2O/c1-5-9(13)12(4)10(11-3)8-6-7(8)2/h5,7-8H,1,6H2,2-4H3. The molecule has 0 spiro atoms. The third-order valence-electron chi connectivity index (χ3n) is 2.52. The number of aliphatic imine (C=N–C) groups is 1. The summed E-state index contributed by atoms with van der Waals surface area (Å²) in [5.41, 5.74) is 0. The Bertz CT molecular complexity index is 258. The maximum atomic E-state index is 11.3. The zero-order valence-corrected chi connectivity index (χ0v) is 8.45. The van der Waals surface area contributed by atoms with Crippen LogP contribution in [0, 0.1) is 11.8 Å². The van der Waals surface area contributed by atoms with Gasteiger partial charge >= 0.3 is 0 Å². The minimum atomic E-state index is -0.0836. The van der Waals surface area contributed by atoms with Crippen LogP contribution in [0.25, 0.3) is 0 Å². The average molecular weight is 180 g/mol. The summed E-state index contributed by atoms with van der Waals surface area (Å²) in [5, 5.41) is 0. The van der Waals surface area contributed by atoms with Crippen molar-refractivity contribution in [2.75, 3.05) is 14.1 Å². The summed E-state index contributed by atoms with van der Waals surface area (Å²) in [4.78, 5) is 17.0. The van der Waals surface area contributed by atoms with Crippen molar-refractivity contribution in [3.05, 3.63) is 12.7 Å². The highest BCUT2D eigenvalue weighted by Gasteiger charge is 2.39. The van der Waals surface area contributed by atoms with Crippen molar-refractivity contribution < 1.29 is 4.79 Å². The van der Waals surface area contributed by atoms with E-state index in [1.165, 1.54) is 6.08 Å². The quantitative estimate of drug-likeness (QED) is 0.358. The van der Waals surface area contributed by atoms with Crippen LogP contribution < -0.4 is 0 Å². The van der Waals surface area contributed by atoms with E-state index in [1.807, 2.05) is 0 Å². The Morgan fingerprint density at radius 2 is 2.23 bits per heavy atom. The molecule has 2 atom stereocenters. The van der Waals surface area contributed by atoms with Gasteiger partial charge in [-0.25, -0.2) is 0 Å². The molecule has 1 rings (SSSR count). The highest BCUT2D eigenvalue weighted by atomic mass is 16.2. The SMILES string of the molecule is C=CC(=O)N(C)C(=NC)C1CC1C. The maximum absolute atomic E-state index is 11.3. The largest absolute Gasteiger partial charge is 0.300 e. The number of hydrogen-bond acceptors (Lipinski definition) is 2. The number of rotatable bonds is 2. The van der Waals surface area contributed by atoms with Crippen LogP contribution in [0.3, 0.4) is 0 Å². The number of amidine groups is 1. The molecule has 0 aromatic carbocycles. The van der Waals surface area contributed by atoms with Gasteiger partial charge in [0.15, 0.2) is 0 Å². The van der Waals surface area contributed by atoms with Gasteiger partial charge in [-0.05, 0) is 18.4 Å². The molecule has 3 nitrogen and oxygen atoms in total. The molecular weight excluding hydrogens is 164 g/mol. The molecule has 0 N–H and O–H groups in total. The maximum Gasteiger partial charge on any atom is 0.251 e. The molecule has 13 heavy (non-hydrogen) atoms. The summed E-state index contributed by atoms with van der Waals surface area (Å²) >= 11 is 0. The molecule has 1 aliphatic rings. The van der Waals surface area contributed by atoms with Gasteiger partial charge in [0.25, 0.3) is 5.91 Å². The van der Waals surface area contributed by atoms with E-state index >= 15 is 0 Å². The highest BCUT2D eigenvalue weighted by molar-refractivity contribution is 6.04. The normalized spacial score (nSPS) is 26.8. The molecule has 0 saturated heterocycles. The lowest BCUT2D eigenvalue weighted by Gasteiger charge is -2.17. The van der Waals surface area contributed by atoms with Gasteiger partial charge in [0.1, 0.15) is 5.84 Å². The molecule has 1 amide bonds. The fourth-order valence-corrected chi connectivity index (χ4v) is 1.50. The van der Waals surface area contributed by atoms with Crippen molar-refractivity contribution in [2.24, 2.45) is 16.8 Å². The first kappa shape index (κ1) is 9.96. The van der Waals surface area contributed by atoms with Gasteiger partial charge in [-0.15, -0.1) is 0 Å². The molecule has 3 heteroatoms. The first-order valence-electron chi connectivity index (χ1n) is 4.48. The zero-order chi connectivity index (χ0) is 10.0. The van der Waals surface area contributed by atoms with Crippen LogP contribution >= 0.6 is 0 Å². The Morgan fingerprint density at radius 1 is 1.69 bits per heavy atom. The van der Waals surface area contributed by atoms with Gasteiger partial charge in [0.05, 0.1) is 0 Å². The highest BCUT2D eigenvalue weighted by Crippen LogP contribution is 2.39. The van der Waals surface area contributed by atoms with Crippen molar-refractivity contribution >= 4 is 11.7 Å². The summed E-state index contributed by atoms with van der Waals surface area (Å²) < 4.78 is 0. The molecule has 72 valence electrons. The van der Waals surface area contributed by atoms with Crippen LogP contribution in [-0.2, 0) is 4.79 Å². The van der Waals surface area contributed by atoms with Crippen LogP contribution in [0.5, 0.6) is 0 Å². The second-order valence-corrected chi connectivity index (χ2v) is 3.50. The minimum absolute atomic E-state index is 0.0836. The molecular formula is C10H16N2O. The monoisotopic (exact) mass is 180 g/mol. The number of carbonyl (C=O) groups is 1. The second-order valence-electron chi connectivity index (χ2n) is 3.50. The topological polar surface area (TPSA) is 32.7 Å². The smallest absolute Gasteiger partial charge is 0.251 e. The fraction of sp³-hybridized carbons (Fsp3) is 0.600. The average Bonchev–Trinajstić information content (AvgIpc) is 2.82. The van der Waals surface area contributed by atoms with E-state index in [-0.39, 0.29) is 5.91 Å². The minimum Gasteiger partial charge on any atom is -0.300 e. The summed E-state index contributed by atoms with van der Waals surface area (Å²) in [5.74, 6) is 1.94. The van der Waals surface area contributed by atoms with E-state index in [1.54, 1.807) is 19.0 Å². The molecule has 2 unspecified atom stereocenters. The number of amides is 1. The summed E-state index contributed by atoms with van der Waals surface area (Å²) in [6.07, 6.45) is 2.46. The number of nitrogens with zero attached hydrogens (tertiary/aromatic N) is 2. The first-order chi connectivity index (χ1) is 6.11. The van der Waals surface area contributed by atoms with Crippen molar-refractivity contribution in [1.82, 2.24) is 4.90 Å². The van der Waals surface area contributed by atoms with Gasteiger partial charge in [-0.1, -0.05) is 13.5 Å². The molecule has 0 aromatic rings. The van der Waals surface area contributed by atoms with Crippen molar-refractivity contribution in [3.63, 3.8) is 0 Å². The first-order valence-corrected chi connectivity index (χ1v) is 4.48. The lowest BCUT2D eigenvalue weighted by molar-refractivity contribution is -0.121. The number of likely N-dealkylation sites (N-methyl/N-ethyl adjacent to an activating group) is 1. The van der Waals surface area contributed by atoms with Crippen molar-refractivity contribution in [3.8, 4) is 0 Å². The molecule has 0 radical (unpaired) electrons. The van der Waals surface area contributed by atoms with E-state index in [9.17, 15) is 4.79 Å². The van der Waals surface area contributed by atoms with Gasteiger partial charge in [0.2, 0.25) is 0 Å². The van der Waals surface area contributed by atoms with Gasteiger partial charge in [0, 0.05) is 20.0 Å². The molecule has 0 aromatic heterocycles. The van der Waals surface area contributed by atoms with E-state index in [0.717, 1.165) is 12.3 Å². The molecule has 0 heterocycles. The van der Waals surface area contributed by atoms with Crippen LogP contribution in [-0.4, -0.2) is 30.7 Å². The third-order valence-corrected chi connectivity index (χ3v) is 2.52. The van der Waals surface area contributed by atoms with Crippen LogP contribution in [0.4, 0.5) is 0 Å². The van der Waals surface area contributed by atoms with Crippen molar-refractivity contribution in [1.29, 1.82) is 0 Å². The van der Waals surface area contributed by atoms with Crippen LogP contribution in [0.2, 0.25) is 0 Å². The molecule has 0 bridgehead atoms. The predicted octanol–water partition coefficient (Wildman–Crippen LogP) is 1.32. The Kier molecular flexibility index (Phi) is 2.86. The Morgan fingerprint density at radius 3 is 2.54 bits per heavy atom. The second kappa shape index (κ2) is 3.73. The van der Waals surface area contributed by atoms with Gasteiger partial charge < -0.3 is 0 Å². The Balaban J connectivity index is 2.68. The Labute approximate surface area is 79.1 Å². The third kappa shape index (κ3) is 1.97.